The number of hydrogen-bond donors (Lipinski definition) is 1. The lowest BCUT2D eigenvalue weighted by atomic mass is 10.0. The minimum absolute atomic E-state index is 0.339. The Morgan fingerprint density at radius 3 is 1.65 bits per heavy atom. The molecule has 0 aromatic carbocycles. The molecule has 0 bridgehead atoms. The molecule has 0 spiro atoms. The van der Waals surface area contributed by atoms with Crippen LogP contribution in [0.25, 0.3) is 0 Å². The van der Waals surface area contributed by atoms with Gasteiger partial charge >= 0.3 is 5.97 Å². The molecule has 0 fully saturated rings. The molecule has 0 aliphatic rings. The Morgan fingerprint density at radius 2 is 1.17 bits per heavy atom. The Balaban J connectivity index is 3.08. The fourth-order valence-electron chi connectivity index (χ4n) is 2.83. The predicted octanol–water partition coefficient (Wildman–Crippen LogP) is 7.13. The maximum atomic E-state index is 10.4. The molecule has 0 saturated heterocycles. The monoisotopic (exact) mass is 324 g/mol. The summed E-state index contributed by atoms with van der Waals surface area (Å²) in [7, 11) is 0. The quantitative estimate of drug-likeness (QED) is 0.228. The van der Waals surface area contributed by atoms with Gasteiger partial charge in [0.1, 0.15) is 0 Å². The van der Waals surface area contributed by atoms with Crippen LogP contribution in [-0.2, 0) is 4.79 Å². The molecule has 0 atom stereocenters. The zero-order valence-corrected chi connectivity index (χ0v) is 15.7. The van der Waals surface area contributed by atoms with Crippen molar-refractivity contribution in [1.29, 1.82) is 0 Å². The minimum Gasteiger partial charge on any atom is -0.481 e. The van der Waals surface area contributed by atoms with Crippen LogP contribution >= 0.6 is 0 Å². The Morgan fingerprint density at radius 1 is 0.739 bits per heavy atom. The number of allylic oxidation sites excluding steroid dienone is 2. The second kappa shape index (κ2) is 17.6. The van der Waals surface area contributed by atoms with Gasteiger partial charge in [-0.2, -0.15) is 0 Å². The second-order valence-corrected chi connectivity index (χ2v) is 7.26. The van der Waals surface area contributed by atoms with Gasteiger partial charge in [0.25, 0.3) is 0 Å². The molecule has 0 rings (SSSR count). The molecule has 0 amide bonds. The fourth-order valence-corrected chi connectivity index (χ4v) is 2.83. The van der Waals surface area contributed by atoms with Crippen LogP contribution < -0.4 is 0 Å². The van der Waals surface area contributed by atoms with Crippen LogP contribution in [0.4, 0.5) is 0 Å². The number of aliphatic carboxylic acids is 1. The van der Waals surface area contributed by atoms with E-state index in [1.807, 2.05) is 0 Å². The second-order valence-electron chi connectivity index (χ2n) is 7.26. The molecule has 2 nitrogen and oxygen atoms in total. The third-order valence-electron chi connectivity index (χ3n) is 4.33. The lowest BCUT2D eigenvalue weighted by Crippen LogP contribution is -1.93. The first-order valence-electron chi connectivity index (χ1n) is 9.99. The van der Waals surface area contributed by atoms with E-state index in [2.05, 4.69) is 26.0 Å². The van der Waals surface area contributed by atoms with E-state index >= 15 is 0 Å². The van der Waals surface area contributed by atoms with Gasteiger partial charge in [-0.3, -0.25) is 4.79 Å². The molecule has 136 valence electrons. The van der Waals surface area contributed by atoms with Gasteiger partial charge in [-0.05, 0) is 38.0 Å². The van der Waals surface area contributed by atoms with Crippen LogP contribution in [-0.4, -0.2) is 11.1 Å². The summed E-state index contributed by atoms with van der Waals surface area (Å²) < 4.78 is 0. The zero-order chi connectivity index (χ0) is 17.2. The van der Waals surface area contributed by atoms with Gasteiger partial charge in [0.2, 0.25) is 0 Å². The summed E-state index contributed by atoms with van der Waals surface area (Å²) in [5.74, 6) is 0.193. The Hall–Kier alpha value is -0.790. The van der Waals surface area contributed by atoms with Crippen molar-refractivity contribution in [3.63, 3.8) is 0 Å². The van der Waals surface area contributed by atoms with Gasteiger partial charge in [0.05, 0.1) is 0 Å². The van der Waals surface area contributed by atoms with E-state index in [0.29, 0.717) is 6.42 Å². The fraction of sp³-hybridized carbons (Fsp3) is 0.857. The SMILES string of the molecule is CC(C)CCCCC=CCCCCCCCCCCCC(=O)O. The van der Waals surface area contributed by atoms with Crippen LogP contribution in [0.3, 0.4) is 0 Å². The van der Waals surface area contributed by atoms with Crippen molar-refractivity contribution in [3.8, 4) is 0 Å². The van der Waals surface area contributed by atoms with Crippen LogP contribution in [0.5, 0.6) is 0 Å². The van der Waals surface area contributed by atoms with Crippen molar-refractivity contribution in [2.45, 2.75) is 110 Å². The van der Waals surface area contributed by atoms with E-state index in [4.69, 9.17) is 5.11 Å². The molecule has 0 radical (unpaired) electrons. The lowest BCUT2D eigenvalue weighted by molar-refractivity contribution is -0.137. The highest BCUT2D eigenvalue weighted by Gasteiger charge is 1.96. The van der Waals surface area contributed by atoms with E-state index in [1.54, 1.807) is 0 Å². The van der Waals surface area contributed by atoms with Crippen molar-refractivity contribution >= 4 is 5.97 Å². The molecule has 0 aromatic heterocycles. The molecule has 0 aliphatic carbocycles. The van der Waals surface area contributed by atoms with Crippen molar-refractivity contribution in [2.75, 3.05) is 0 Å². The van der Waals surface area contributed by atoms with Crippen molar-refractivity contribution in [3.05, 3.63) is 12.2 Å². The number of rotatable bonds is 17. The van der Waals surface area contributed by atoms with Gasteiger partial charge in [0, 0.05) is 6.42 Å². The van der Waals surface area contributed by atoms with Crippen LogP contribution in [0, 0.1) is 5.92 Å². The molecular weight excluding hydrogens is 284 g/mol. The first-order valence-corrected chi connectivity index (χ1v) is 9.99. The molecule has 1 N–H and O–H groups in total. The highest BCUT2D eigenvalue weighted by molar-refractivity contribution is 5.66. The molecule has 0 heterocycles. The molecule has 0 saturated carbocycles. The summed E-state index contributed by atoms with van der Waals surface area (Å²) in [5.41, 5.74) is 0. The summed E-state index contributed by atoms with van der Waals surface area (Å²) in [6.07, 6.45) is 22.8. The number of unbranched alkanes of at least 4 members (excludes halogenated alkanes) is 11. The number of carboxylic acid groups (broad SMARTS) is 1. The van der Waals surface area contributed by atoms with Crippen LogP contribution in [0.15, 0.2) is 12.2 Å². The largest absolute Gasteiger partial charge is 0.481 e. The van der Waals surface area contributed by atoms with Gasteiger partial charge in [-0.25, -0.2) is 0 Å². The Bertz CT molecular complexity index is 282. The number of carboxylic acids is 1. The summed E-state index contributed by atoms with van der Waals surface area (Å²) in [6.45, 7) is 4.60. The first kappa shape index (κ1) is 22.2. The highest BCUT2D eigenvalue weighted by Crippen LogP contribution is 2.12. The smallest absolute Gasteiger partial charge is 0.303 e. The third-order valence-corrected chi connectivity index (χ3v) is 4.33. The maximum Gasteiger partial charge on any atom is 0.303 e. The van der Waals surface area contributed by atoms with Gasteiger partial charge in [0.15, 0.2) is 0 Å². The van der Waals surface area contributed by atoms with E-state index in [-0.39, 0.29) is 0 Å². The average Bonchev–Trinajstić information content (AvgIpc) is 2.49. The number of hydrogen-bond acceptors (Lipinski definition) is 1. The molecule has 0 unspecified atom stereocenters. The highest BCUT2D eigenvalue weighted by atomic mass is 16.4. The van der Waals surface area contributed by atoms with Crippen LogP contribution in [0.2, 0.25) is 0 Å². The molecule has 23 heavy (non-hydrogen) atoms. The standard InChI is InChI=1S/C21H40O2/c1-20(2)18-16-14-12-10-8-6-4-3-5-7-9-11-13-15-17-19-21(22)23/h8,10,20H,3-7,9,11-19H2,1-2H3,(H,22,23). The van der Waals surface area contributed by atoms with Crippen molar-refractivity contribution < 1.29 is 9.90 Å². The van der Waals surface area contributed by atoms with Gasteiger partial charge < -0.3 is 5.11 Å². The van der Waals surface area contributed by atoms with Gasteiger partial charge in [-0.15, -0.1) is 0 Å². The van der Waals surface area contributed by atoms with Crippen molar-refractivity contribution in [1.82, 2.24) is 0 Å². The first-order chi connectivity index (χ1) is 11.1. The van der Waals surface area contributed by atoms with E-state index in [9.17, 15) is 4.79 Å². The minimum atomic E-state index is -0.658. The summed E-state index contributed by atoms with van der Waals surface area (Å²) in [6, 6.07) is 0. The normalized spacial score (nSPS) is 11.6. The maximum absolute atomic E-state index is 10.4. The number of carbonyl (C=O) groups is 1. The molecule has 0 aliphatic heterocycles. The predicted molar refractivity (Wildman–Crippen MR) is 101 cm³/mol. The Kier molecular flexibility index (Phi) is 17.0. The van der Waals surface area contributed by atoms with E-state index in [1.165, 1.54) is 77.0 Å². The summed E-state index contributed by atoms with van der Waals surface area (Å²) in [5, 5.41) is 8.54. The molecule has 2 heteroatoms. The summed E-state index contributed by atoms with van der Waals surface area (Å²) >= 11 is 0. The Labute approximate surface area is 144 Å². The van der Waals surface area contributed by atoms with E-state index in [0.717, 1.165) is 18.8 Å². The zero-order valence-electron chi connectivity index (χ0n) is 15.7. The van der Waals surface area contributed by atoms with Gasteiger partial charge in [-0.1, -0.05) is 83.8 Å². The van der Waals surface area contributed by atoms with E-state index < -0.39 is 5.97 Å². The average molecular weight is 325 g/mol. The molecular formula is C21H40O2. The lowest BCUT2D eigenvalue weighted by Gasteiger charge is -2.02. The van der Waals surface area contributed by atoms with Crippen molar-refractivity contribution in [2.24, 2.45) is 5.92 Å². The third kappa shape index (κ3) is 21.2. The van der Waals surface area contributed by atoms with Crippen LogP contribution in [0.1, 0.15) is 110 Å². The topological polar surface area (TPSA) is 37.3 Å². The summed E-state index contributed by atoms with van der Waals surface area (Å²) in [4.78, 5) is 10.4. The molecule has 0 aromatic rings.